The average molecular weight is 209 g/mol. The summed E-state index contributed by atoms with van der Waals surface area (Å²) < 4.78 is 6.03. The van der Waals surface area contributed by atoms with E-state index in [1.54, 1.807) is 7.05 Å². The summed E-state index contributed by atoms with van der Waals surface area (Å²) in [7, 11) is 3.77. The second kappa shape index (κ2) is 4.02. The van der Waals surface area contributed by atoms with E-state index in [1.165, 1.54) is 10.1 Å². The molecule has 0 fully saturated rings. The number of nitrogens with zero attached hydrogens (tertiary/aromatic N) is 3. The summed E-state index contributed by atoms with van der Waals surface area (Å²) in [5.74, 6) is 0.302. The smallest absolute Gasteiger partial charge is 0.302 e. The van der Waals surface area contributed by atoms with Gasteiger partial charge in [-0.15, -0.1) is 0 Å². The summed E-state index contributed by atoms with van der Waals surface area (Å²) in [6.45, 7) is 2.04. The Morgan fingerprint density at radius 1 is 1.53 bits per heavy atom. The minimum atomic E-state index is -0.394. The molecule has 0 atom stereocenters. The molecule has 0 aromatic carbocycles. The molecular formula is C10H15N3O2. The summed E-state index contributed by atoms with van der Waals surface area (Å²) in [6, 6.07) is 0. The van der Waals surface area contributed by atoms with Crippen LogP contribution in [0.4, 0.5) is 0 Å². The molecule has 1 aromatic heterocycles. The molecule has 0 saturated heterocycles. The van der Waals surface area contributed by atoms with Gasteiger partial charge in [-0.05, 0) is 13.5 Å². The van der Waals surface area contributed by atoms with Crippen molar-refractivity contribution in [1.82, 2.24) is 14.6 Å². The van der Waals surface area contributed by atoms with Gasteiger partial charge in [-0.25, -0.2) is 4.79 Å². The van der Waals surface area contributed by atoms with Crippen molar-refractivity contribution in [2.24, 2.45) is 7.05 Å². The molecular weight excluding hydrogens is 194 g/mol. The molecule has 0 aliphatic carbocycles. The molecule has 2 rings (SSSR count). The fourth-order valence-electron chi connectivity index (χ4n) is 1.78. The third kappa shape index (κ3) is 2.18. The summed E-state index contributed by atoms with van der Waals surface area (Å²) in [5.41, 5.74) is 1.30. The maximum atomic E-state index is 11.0. The molecule has 15 heavy (non-hydrogen) atoms. The Morgan fingerprint density at radius 3 is 2.93 bits per heavy atom. The molecule has 5 nitrogen and oxygen atoms in total. The molecule has 0 radical (unpaired) electrons. The lowest BCUT2D eigenvalue weighted by Crippen LogP contribution is -2.26. The Bertz CT molecular complexity index is 430. The van der Waals surface area contributed by atoms with Gasteiger partial charge in [0.1, 0.15) is 0 Å². The van der Waals surface area contributed by atoms with Crippen LogP contribution in [0.25, 0.3) is 0 Å². The molecule has 0 saturated carbocycles. The Kier molecular flexibility index (Phi) is 2.73. The monoisotopic (exact) mass is 209 g/mol. The van der Waals surface area contributed by atoms with Crippen LogP contribution in [0, 0.1) is 0 Å². The molecule has 1 aliphatic heterocycles. The van der Waals surface area contributed by atoms with E-state index in [2.05, 4.69) is 27.7 Å². The largest absolute Gasteiger partial charge is 0.441 e. The van der Waals surface area contributed by atoms with E-state index in [9.17, 15) is 4.79 Å². The van der Waals surface area contributed by atoms with Crippen LogP contribution >= 0.6 is 0 Å². The topological polar surface area (TPSA) is 51.3 Å². The first-order valence-electron chi connectivity index (χ1n) is 5.05. The fraction of sp³-hybridized carbons (Fsp3) is 0.600. The van der Waals surface area contributed by atoms with E-state index >= 15 is 0 Å². The first-order chi connectivity index (χ1) is 7.16. The Balaban J connectivity index is 2.12. The van der Waals surface area contributed by atoms with Crippen LogP contribution in [-0.4, -0.2) is 34.8 Å². The number of hydrogen-bond donors (Lipinski definition) is 0. The second-order valence-corrected chi connectivity index (χ2v) is 3.99. The van der Waals surface area contributed by atoms with Gasteiger partial charge >= 0.3 is 5.76 Å². The Morgan fingerprint density at radius 2 is 2.33 bits per heavy atom. The predicted molar refractivity (Wildman–Crippen MR) is 55.6 cm³/mol. The average Bonchev–Trinajstić information content (AvgIpc) is 2.50. The Labute approximate surface area is 88.0 Å². The van der Waals surface area contributed by atoms with Gasteiger partial charge < -0.3 is 4.90 Å². The lowest BCUT2D eigenvalue weighted by molar-refractivity contribution is 0.349. The fourth-order valence-corrected chi connectivity index (χ4v) is 1.78. The van der Waals surface area contributed by atoms with E-state index in [1.807, 2.05) is 0 Å². The van der Waals surface area contributed by atoms with Crippen molar-refractivity contribution < 1.29 is 4.52 Å². The van der Waals surface area contributed by atoms with Gasteiger partial charge in [-0.3, -0.25) is 9.09 Å². The van der Waals surface area contributed by atoms with Crippen molar-refractivity contribution in [3.05, 3.63) is 28.0 Å². The highest BCUT2D eigenvalue weighted by Gasteiger charge is 2.13. The first kappa shape index (κ1) is 10.2. The zero-order valence-corrected chi connectivity index (χ0v) is 9.06. The minimum absolute atomic E-state index is 0.394. The molecule has 1 aromatic rings. The lowest BCUT2D eigenvalue weighted by Gasteiger charge is -2.22. The third-order valence-electron chi connectivity index (χ3n) is 2.69. The highest BCUT2D eigenvalue weighted by atomic mass is 16.5. The molecule has 5 heteroatoms. The summed E-state index contributed by atoms with van der Waals surface area (Å²) >= 11 is 0. The maximum Gasteiger partial charge on any atom is 0.441 e. The van der Waals surface area contributed by atoms with Crippen LogP contribution in [-0.2, 0) is 13.5 Å². The molecule has 82 valence electrons. The summed E-state index contributed by atoms with van der Waals surface area (Å²) in [6.07, 6.45) is 3.99. The zero-order chi connectivity index (χ0) is 10.8. The number of aromatic nitrogens is 2. The molecule has 0 bridgehead atoms. The van der Waals surface area contributed by atoms with Crippen molar-refractivity contribution in [2.45, 2.75) is 12.8 Å². The molecule has 0 spiro atoms. The minimum Gasteiger partial charge on any atom is -0.302 e. The normalized spacial score (nSPS) is 17.9. The maximum absolute atomic E-state index is 11.0. The lowest BCUT2D eigenvalue weighted by atomic mass is 10.1. The van der Waals surface area contributed by atoms with Crippen molar-refractivity contribution in [1.29, 1.82) is 0 Å². The van der Waals surface area contributed by atoms with Crippen LogP contribution in [0.2, 0.25) is 0 Å². The van der Waals surface area contributed by atoms with E-state index in [0.717, 1.165) is 19.5 Å². The highest BCUT2D eigenvalue weighted by molar-refractivity contribution is 5.13. The quantitative estimate of drug-likeness (QED) is 0.652. The highest BCUT2D eigenvalue weighted by Crippen LogP contribution is 2.11. The van der Waals surface area contributed by atoms with Crippen LogP contribution in [0.5, 0.6) is 0 Å². The van der Waals surface area contributed by atoms with Gasteiger partial charge in [0.2, 0.25) is 0 Å². The SMILES string of the molecule is CN1CCC=C(Cc2noc(=O)n2C)C1. The molecule has 0 amide bonds. The van der Waals surface area contributed by atoms with Crippen molar-refractivity contribution in [3.63, 3.8) is 0 Å². The van der Waals surface area contributed by atoms with E-state index in [0.29, 0.717) is 12.2 Å². The van der Waals surface area contributed by atoms with Gasteiger partial charge in [0.05, 0.1) is 0 Å². The molecule has 1 aliphatic rings. The molecule has 0 N–H and O–H groups in total. The van der Waals surface area contributed by atoms with Gasteiger partial charge in [0.15, 0.2) is 5.82 Å². The zero-order valence-electron chi connectivity index (χ0n) is 9.06. The van der Waals surface area contributed by atoms with Crippen molar-refractivity contribution >= 4 is 0 Å². The van der Waals surface area contributed by atoms with E-state index < -0.39 is 5.76 Å². The summed E-state index contributed by atoms with van der Waals surface area (Å²) in [5, 5.41) is 3.75. The number of likely N-dealkylation sites (N-methyl/N-ethyl adjacent to an activating group) is 1. The van der Waals surface area contributed by atoms with E-state index in [-0.39, 0.29) is 0 Å². The van der Waals surface area contributed by atoms with Gasteiger partial charge in [0.25, 0.3) is 0 Å². The van der Waals surface area contributed by atoms with Gasteiger partial charge in [-0.2, -0.15) is 0 Å². The number of rotatable bonds is 2. The second-order valence-electron chi connectivity index (χ2n) is 3.99. The van der Waals surface area contributed by atoms with Crippen molar-refractivity contribution in [3.8, 4) is 0 Å². The van der Waals surface area contributed by atoms with Crippen LogP contribution in [0.15, 0.2) is 21.0 Å². The standard InChI is InChI=1S/C10H15N3O2/c1-12-5-3-4-8(7-12)6-9-11-15-10(14)13(9)2/h4H,3,5-7H2,1-2H3. The van der Waals surface area contributed by atoms with Crippen LogP contribution in [0.3, 0.4) is 0 Å². The van der Waals surface area contributed by atoms with Gasteiger partial charge in [0, 0.05) is 26.6 Å². The predicted octanol–water partition coefficient (Wildman–Crippen LogP) is 0.178. The van der Waals surface area contributed by atoms with Crippen LogP contribution in [0.1, 0.15) is 12.2 Å². The molecule has 0 unspecified atom stereocenters. The third-order valence-corrected chi connectivity index (χ3v) is 2.69. The van der Waals surface area contributed by atoms with Crippen LogP contribution < -0.4 is 5.76 Å². The van der Waals surface area contributed by atoms with E-state index in [4.69, 9.17) is 0 Å². The van der Waals surface area contributed by atoms with Gasteiger partial charge in [-0.1, -0.05) is 16.8 Å². The number of hydrogen-bond acceptors (Lipinski definition) is 4. The first-order valence-corrected chi connectivity index (χ1v) is 5.05. The Hall–Kier alpha value is -1.36. The molecule has 2 heterocycles. The van der Waals surface area contributed by atoms with Crippen molar-refractivity contribution in [2.75, 3.05) is 20.1 Å². The summed E-state index contributed by atoms with van der Waals surface area (Å²) in [4.78, 5) is 13.3.